The second-order valence-electron chi connectivity index (χ2n) is 8.21. The molecule has 0 saturated heterocycles. The molecule has 0 bridgehead atoms. The van der Waals surface area contributed by atoms with Gasteiger partial charge in [0, 0.05) is 37.0 Å². The van der Waals surface area contributed by atoms with E-state index >= 15 is 0 Å². The van der Waals surface area contributed by atoms with E-state index in [2.05, 4.69) is 25.6 Å². The van der Waals surface area contributed by atoms with Crippen molar-refractivity contribution < 1.29 is 13.6 Å². The predicted molar refractivity (Wildman–Crippen MR) is 118 cm³/mol. The number of hydrogen-bond donors (Lipinski definition) is 2. The van der Waals surface area contributed by atoms with Crippen molar-refractivity contribution in [2.24, 2.45) is 0 Å². The highest BCUT2D eigenvalue weighted by molar-refractivity contribution is 5.78. The van der Waals surface area contributed by atoms with Crippen molar-refractivity contribution in [1.29, 1.82) is 0 Å². The number of aryl methyl sites for hydroxylation is 1. The van der Waals surface area contributed by atoms with Crippen molar-refractivity contribution in [2.45, 2.75) is 37.8 Å². The molecular weight excluding hydrogens is 412 g/mol. The SMILES string of the molecule is CNC(=O)Cc1ccc(-c2cnc(NC[C@]3(c4ncccc4F)C[C@H](F)C3)nc2C)cc1. The fourth-order valence-corrected chi connectivity index (χ4v) is 4.15. The van der Waals surface area contributed by atoms with Crippen molar-refractivity contribution in [3.63, 3.8) is 0 Å². The molecular formula is C24H25F2N5O. The number of nitrogens with zero attached hydrogens (tertiary/aromatic N) is 3. The standard InChI is InChI=1S/C24H25F2N5O/c1-15-19(17-7-5-16(6-8-17)10-21(32)27-2)13-29-23(31-15)30-14-24(11-18(25)12-24)22-20(26)4-3-9-28-22/h3-9,13,18H,10-12,14H2,1-2H3,(H,27,32)(H,29,30,31)/t18-,24-. The molecule has 1 aliphatic carbocycles. The van der Waals surface area contributed by atoms with E-state index in [1.54, 1.807) is 13.2 Å². The van der Waals surface area contributed by atoms with Gasteiger partial charge in [-0.2, -0.15) is 0 Å². The van der Waals surface area contributed by atoms with Gasteiger partial charge in [-0.05, 0) is 43.0 Å². The second kappa shape index (κ2) is 8.98. The Bertz CT molecular complexity index is 1110. The quantitative estimate of drug-likeness (QED) is 0.589. The van der Waals surface area contributed by atoms with E-state index in [1.807, 2.05) is 31.2 Å². The predicted octanol–water partition coefficient (Wildman–Crippen LogP) is 3.76. The van der Waals surface area contributed by atoms with E-state index in [4.69, 9.17) is 0 Å². The number of halogens is 2. The summed E-state index contributed by atoms with van der Waals surface area (Å²) in [5, 5.41) is 5.76. The molecule has 6 nitrogen and oxygen atoms in total. The van der Waals surface area contributed by atoms with Gasteiger partial charge >= 0.3 is 0 Å². The number of benzene rings is 1. The number of amides is 1. The topological polar surface area (TPSA) is 79.8 Å². The second-order valence-corrected chi connectivity index (χ2v) is 8.21. The maximum Gasteiger partial charge on any atom is 0.224 e. The molecule has 3 aromatic rings. The lowest BCUT2D eigenvalue weighted by atomic mass is 9.65. The van der Waals surface area contributed by atoms with Crippen LogP contribution in [0.5, 0.6) is 0 Å². The van der Waals surface area contributed by atoms with Crippen LogP contribution >= 0.6 is 0 Å². The average Bonchev–Trinajstić information content (AvgIpc) is 2.77. The maximum absolute atomic E-state index is 14.3. The minimum Gasteiger partial charge on any atom is -0.359 e. The Labute approximate surface area is 185 Å². The van der Waals surface area contributed by atoms with Crippen LogP contribution in [0.3, 0.4) is 0 Å². The number of carbonyl (C=O) groups is 1. The highest BCUT2D eigenvalue weighted by Crippen LogP contribution is 2.45. The van der Waals surface area contributed by atoms with Crippen LogP contribution in [0.2, 0.25) is 0 Å². The molecule has 32 heavy (non-hydrogen) atoms. The van der Waals surface area contributed by atoms with Crippen LogP contribution in [-0.4, -0.2) is 40.6 Å². The number of pyridine rings is 1. The van der Waals surface area contributed by atoms with Crippen LogP contribution in [-0.2, 0) is 16.6 Å². The van der Waals surface area contributed by atoms with Gasteiger partial charge < -0.3 is 10.6 Å². The van der Waals surface area contributed by atoms with Crippen molar-refractivity contribution >= 4 is 11.9 Å². The number of rotatable bonds is 7. The Kier molecular flexibility index (Phi) is 6.12. The normalized spacial score (nSPS) is 19.8. The van der Waals surface area contributed by atoms with Gasteiger partial charge in [0.15, 0.2) is 0 Å². The van der Waals surface area contributed by atoms with Gasteiger partial charge in [0.25, 0.3) is 0 Å². The Morgan fingerprint density at radius 2 is 1.94 bits per heavy atom. The van der Waals surface area contributed by atoms with Crippen molar-refractivity contribution in [3.05, 3.63) is 71.6 Å². The lowest BCUT2D eigenvalue weighted by Gasteiger charge is -2.43. The molecule has 2 heterocycles. The molecule has 1 aromatic carbocycles. The molecule has 166 valence electrons. The average molecular weight is 437 g/mol. The van der Waals surface area contributed by atoms with Gasteiger partial charge in [-0.3, -0.25) is 9.78 Å². The van der Waals surface area contributed by atoms with Gasteiger partial charge in [0.2, 0.25) is 11.9 Å². The molecule has 2 N–H and O–H groups in total. The van der Waals surface area contributed by atoms with Crippen LogP contribution in [0.4, 0.5) is 14.7 Å². The fraction of sp³-hybridized carbons (Fsp3) is 0.333. The first-order valence-corrected chi connectivity index (χ1v) is 10.5. The molecule has 0 spiro atoms. The van der Waals surface area contributed by atoms with Crippen LogP contribution in [0, 0.1) is 12.7 Å². The van der Waals surface area contributed by atoms with Gasteiger partial charge in [0.05, 0.1) is 17.8 Å². The fourth-order valence-electron chi connectivity index (χ4n) is 4.15. The smallest absolute Gasteiger partial charge is 0.224 e. The Hall–Kier alpha value is -3.42. The van der Waals surface area contributed by atoms with Crippen molar-refractivity contribution in [2.75, 3.05) is 18.9 Å². The molecule has 0 radical (unpaired) electrons. The number of likely N-dealkylation sites (N-methyl/N-ethyl adjacent to an activating group) is 1. The lowest BCUT2D eigenvalue weighted by Crippen LogP contribution is -2.49. The molecule has 1 fully saturated rings. The molecule has 4 rings (SSSR count). The molecule has 0 aliphatic heterocycles. The summed E-state index contributed by atoms with van der Waals surface area (Å²) < 4.78 is 28.1. The lowest BCUT2D eigenvalue weighted by molar-refractivity contribution is -0.119. The van der Waals surface area contributed by atoms with Crippen LogP contribution in [0.25, 0.3) is 11.1 Å². The minimum absolute atomic E-state index is 0.0402. The molecule has 1 saturated carbocycles. The summed E-state index contributed by atoms with van der Waals surface area (Å²) in [6.07, 6.45) is 3.05. The largest absolute Gasteiger partial charge is 0.359 e. The van der Waals surface area contributed by atoms with Gasteiger partial charge in [-0.15, -0.1) is 0 Å². The van der Waals surface area contributed by atoms with E-state index in [9.17, 15) is 13.6 Å². The van der Waals surface area contributed by atoms with Gasteiger partial charge in [-0.1, -0.05) is 24.3 Å². The monoisotopic (exact) mass is 437 g/mol. The summed E-state index contributed by atoms with van der Waals surface area (Å²) in [5.41, 5.74) is 3.09. The number of hydrogen-bond acceptors (Lipinski definition) is 5. The summed E-state index contributed by atoms with van der Waals surface area (Å²) in [4.78, 5) is 24.6. The number of carbonyl (C=O) groups excluding carboxylic acids is 1. The third kappa shape index (κ3) is 4.44. The zero-order chi connectivity index (χ0) is 22.7. The van der Waals surface area contributed by atoms with Gasteiger partial charge in [0.1, 0.15) is 12.0 Å². The third-order valence-corrected chi connectivity index (χ3v) is 5.96. The summed E-state index contributed by atoms with van der Waals surface area (Å²) in [6.45, 7) is 2.18. The Morgan fingerprint density at radius 1 is 1.19 bits per heavy atom. The molecule has 2 aromatic heterocycles. The molecule has 0 atom stereocenters. The molecule has 8 heteroatoms. The summed E-state index contributed by atoms with van der Waals surface area (Å²) >= 11 is 0. The minimum atomic E-state index is -0.963. The maximum atomic E-state index is 14.3. The van der Waals surface area contributed by atoms with Crippen LogP contribution in [0.15, 0.2) is 48.8 Å². The first-order chi connectivity index (χ1) is 15.4. The van der Waals surface area contributed by atoms with E-state index in [-0.39, 0.29) is 24.4 Å². The molecule has 0 unspecified atom stereocenters. The van der Waals surface area contributed by atoms with Crippen LogP contribution in [0.1, 0.15) is 29.8 Å². The molecule has 1 amide bonds. The van der Waals surface area contributed by atoms with E-state index < -0.39 is 17.4 Å². The van der Waals surface area contributed by atoms with Crippen LogP contribution < -0.4 is 10.6 Å². The van der Waals surface area contributed by atoms with Crippen molar-refractivity contribution in [3.8, 4) is 11.1 Å². The number of aromatic nitrogens is 3. The number of alkyl halides is 1. The number of anilines is 1. The molecule has 1 aliphatic rings. The zero-order valence-corrected chi connectivity index (χ0v) is 18.0. The number of nitrogens with one attached hydrogen (secondary N) is 2. The Balaban J connectivity index is 1.48. The van der Waals surface area contributed by atoms with E-state index in [0.717, 1.165) is 22.4 Å². The summed E-state index contributed by atoms with van der Waals surface area (Å²) in [5.74, 6) is -0.0596. The first kappa shape index (κ1) is 21.8. The first-order valence-electron chi connectivity index (χ1n) is 10.5. The summed E-state index contributed by atoms with van der Waals surface area (Å²) in [6, 6.07) is 10.6. The Morgan fingerprint density at radius 3 is 2.56 bits per heavy atom. The highest BCUT2D eigenvalue weighted by atomic mass is 19.1. The third-order valence-electron chi connectivity index (χ3n) is 5.96. The van der Waals surface area contributed by atoms with E-state index in [0.29, 0.717) is 18.9 Å². The van der Waals surface area contributed by atoms with E-state index in [1.165, 1.54) is 18.3 Å². The van der Waals surface area contributed by atoms with Crippen molar-refractivity contribution in [1.82, 2.24) is 20.3 Å². The zero-order valence-electron chi connectivity index (χ0n) is 18.0. The summed E-state index contributed by atoms with van der Waals surface area (Å²) in [7, 11) is 1.61. The van der Waals surface area contributed by atoms with Gasteiger partial charge in [-0.25, -0.2) is 18.7 Å². The highest BCUT2D eigenvalue weighted by Gasteiger charge is 2.48.